The monoisotopic (exact) mass is 507 g/mol. The number of phenolic OH excluding ortho intramolecular Hbond substituents is 1. The standard InChI is InChI=1S/C28H29NO8/c1-5-15-6-8-17(30)14(3)37-27(36)28(4)11-10-19(32)29-23-22(28)26(35)20-16(25(23)34)12-13(2)24(33)21(20)18(31)9-7-15/h6,8,10-12,14-15,17,30,33H,5,7,9H2,1-4H3,(H,29,32)/b8-6-/t14-,15-,17-,28-/m0/s1. The summed E-state index contributed by atoms with van der Waals surface area (Å²) >= 11 is 0. The number of ether oxygens (including phenoxy) is 1. The van der Waals surface area contributed by atoms with Crippen LogP contribution in [0, 0.1) is 18.3 Å². The maximum atomic E-state index is 14.1. The van der Waals surface area contributed by atoms with Gasteiger partial charge in [0.05, 0.1) is 11.3 Å². The first kappa shape index (κ1) is 26.2. The molecule has 0 saturated carbocycles. The first-order valence-electron chi connectivity index (χ1n) is 12.2. The van der Waals surface area contributed by atoms with E-state index < -0.39 is 52.6 Å². The van der Waals surface area contributed by atoms with E-state index in [0.717, 1.165) is 6.08 Å². The smallest absolute Gasteiger partial charge is 0.320 e. The van der Waals surface area contributed by atoms with Gasteiger partial charge in [-0.25, -0.2) is 0 Å². The molecule has 4 rings (SSSR count). The average Bonchev–Trinajstić information content (AvgIpc) is 2.99. The number of amides is 1. The number of nitrogens with one attached hydrogen (secondary N) is 1. The molecular weight excluding hydrogens is 478 g/mol. The molecule has 1 aliphatic carbocycles. The number of phenols is 1. The summed E-state index contributed by atoms with van der Waals surface area (Å²) in [4.78, 5) is 67.1. The first-order valence-corrected chi connectivity index (χ1v) is 12.2. The largest absolute Gasteiger partial charge is 0.507 e. The van der Waals surface area contributed by atoms with Crippen LogP contribution in [0.1, 0.15) is 76.7 Å². The number of esters is 1. The number of hydrogen-bond donors (Lipinski definition) is 3. The number of carbonyl (C=O) groups excluding carboxylic acids is 5. The quantitative estimate of drug-likeness (QED) is 0.388. The number of hydrogen-bond acceptors (Lipinski definition) is 8. The zero-order valence-corrected chi connectivity index (χ0v) is 21.1. The van der Waals surface area contributed by atoms with Crippen LogP contribution in [0.2, 0.25) is 0 Å². The number of aryl methyl sites for hydroxylation is 1. The Morgan fingerprint density at radius 1 is 1.11 bits per heavy atom. The highest BCUT2D eigenvalue weighted by atomic mass is 16.6. The van der Waals surface area contributed by atoms with Crippen molar-refractivity contribution < 1.29 is 38.9 Å². The summed E-state index contributed by atoms with van der Waals surface area (Å²) in [6.45, 7) is 6.24. The fourth-order valence-corrected chi connectivity index (χ4v) is 4.92. The van der Waals surface area contributed by atoms with E-state index >= 15 is 0 Å². The predicted molar refractivity (Wildman–Crippen MR) is 132 cm³/mol. The van der Waals surface area contributed by atoms with Gasteiger partial charge in [0.15, 0.2) is 11.6 Å². The summed E-state index contributed by atoms with van der Waals surface area (Å²) in [5.74, 6) is -4.35. The molecule has 9 nitrogen and oxygen atoms in total. The lowest BCUT2D eigenvalue weighted by Crippen LogP contribution is -2.42. The molecule has 0 spiro atoms. The van der Waals surface area contributed by atoms with Gasteiger partial charge in [-0.3, -0.25) is 24.0 Å². The van der Waals surface area contributed by atoms with E-state index in [1.165, 1.54) is 39.0 Å². The zero-order chi connectivity index (χ0) is 27.2. The van der Waals surface area contributed by atoms with Crippen molar-refractivity contribution in [1.82, 2.24) is 5.32 Å². The Bertz CT molecular complexity index is 1330. The Labute approximate surface area is 213 Å². The van der Waals surface area contributed by atoms with Crippen molar-refractivity contribution >= 4 is 29.2 Å². The third-order valence-electron chi connectivity index (χ3n) is 7.33. The number of aliphatic hydroxyl groups excluding tert-OH is 1. The molecular formula is C28H29NO8. The van der Waals surface area contributed by atoms with E-state index in [0.29, 0.717) is 12.8 Å². The highest BCUT2D eigenvalue weighted by molar-refractivity contribution is 6.32. The number of carbonyl (C=O) groups is 5. The van der Waals surface area contributed by atoms with Crippen molar-refractivity contribution in [3.05, 3.63) is 63.9 Å². The van der Waals surface area contributed by atoms with Crippen molar-refractivity contribution in [3.63, 3.8) is 0 Å². The van der Waals surface area contributed by atoms with Crippen molar-refractivity contribution in [2.45, 2.75) is 59.2 Å². The highest BCUT2D eigenvalue weighted by Gasteiger charge is 2.50. The molecule has 1 aromatic carbocycles. The molecule has 37 heavy (non-hydrogen) atoms. The van der Waals surface area contributed by atoms with Gasteiger partial charge in [0.1, 0.15) is 23.4 Å². The normalized spacial score (nSPS) is 29.2. The second kappa shape index (κ2) is 9.55. The minimum absolute atomic E-state index is 0.0331. The highest BCUT2D eigenvalue weighted by Crippen LogP contribution is 2.44. The number of cyclic esters (lactones) is 1. The fourth-order valence-electron chi connectivity index (χ4n) is 4.92. The molecule has 0 aromatic heterocycles. The predicted octanol–water partition coefficient (Wildman–Crippen LogP) is 2.88. The number of ketones is 3. The van der Waals surface area contributed by atoms with Gasteiger partial charge in [-0.2, -0.15) is 0 Å². The summed E-state index contributed by atoms with van der Waals surface area (Å²) in [6.07, 6.45) is 4.22. The van der Waals surface area contributed by atoms with Gasteiger partial charge in [-0.15, -0.1) is 0 Å². The molecule has 0 unspecified atom stereocenters. The lowest BCUT2D eigenvalue weighted by molar-refractivity contribution is -0.158. The summed E-state index contributed by atoms with van der Waals surface area (Å²) in [5.41, 5.74) is -3.17. The lowest BCUT2D eigenvalue weighted by atomic mass is 9.71. The van der Waals surface area contributed by atoms with Crippen LogP contribution in [0.15, 0.2) is 41.6 Å². The third-order valence-corrected chi connectivity index (χ3v) is 7.33. The van der Waals surface area contributed by atoms with Crippen LogP contribution in [0.25, 0.3) is 0 Å². The van der Waals surface area contributed by atoms with E-state index in [9.17, 15) is 34.2 Å². The minimum atomic E-state index is -1.91. The average molecular weight is 508 g/mol. The Hall–Kier alpha value is -3.85. The molecule has 2 heterocycles. The molecule has 4 atom stereocenters. The molecule has 0 fully saturated rings. The van der Waals surface area contributed by atoms with Crippen molar-refractivity contribution in [2.24, 2.45) is 11.3 Å². The number of Topliss-reactive ketones (excluding diaryl/α,β-unsaturated/α-hetero) is 3. The number of rotatable bonds is 1. The van der Waals surface area contributed by atoms with E-state index in [1.54, 1.807) is 6.08 Å². The molecule has 1 amide bonds. The number of aromatic hydroxyl groups is 1. The Morgan fingerprint density at radius 3 is 2.49 bits per heavy atom. The molecule has 0 radical (unpaired) electrons. The van der Waals surface area contributed by atoms with Gasteiger partial charge in [0, 0.05) is 29.2 Å². The van der Waals surface area contributed by atoms with Crippen molar-refractivity contribution in [1.29, 1.82) is 0 Å². The van der Waals surface area contributed by atoms with Gasteiger partial charge in [-0.05, 0) is 51.2 Å². The zero-order valence-electron chi connectivity index (χ0n) is 21.1. The minimum Gasteiger partial charge on any atom is -0.507 e. The first-order chi connectivity index (χ1) is 17.4. The molecule has 1 aromatic rings. The van der Waals surface area contributed by atoms with Gasteiger partial charge >= 0.3 is 5.97 Å². The fraction of sp³-hybridized carbons (Fsp3) is 0.393. The summed E-state index contributed by atoms with van der Waals surface area (Å²) < 4.78 is 5.53. The van der Waals surface area contributed by atoms with Crippen LogP contribution < -0.4 is 5.32 Å². The summed E-state index contributed by atoms with van der Waals surface area (Å²) in [7, 11) is 0. The van der Waals surface area contributed by atoms with Crippen LogP contribution in [0.5, 0.6) is 5.75 Å². The molecule has 3 N–H and O–H groups in total. The molecule has 9 heteroatoms. The van der Waals surface area contributed by atoms with Crippen LogP contribution in [0.4, 0.5) is 0 Å². The summed E-state index contributed by atoms with van der Waals surface area (Å²) in [6, 6.07) is 1.30. The van der Waals surface area contributed by atoms with Crippen molar-refractivity contribution in [3.8, 4) is 5.75 Å². The maximum Gasteiger partial charge on any atom is 0.320 e. The van der Waals surface area contributed by atoms with E-state index in [1.807, 2.05) is 6.92 Å². The van der Waals surface area contributed by atoms with Crippen LogP contribution in [0.3, 0.4) is 0 Å². The molecule has 194 valence electrons. The SMILES string of the molecule is CC[C@H]1/C=C\[C@H](O)[C@H](C)OC(=O)[C@@]2(C)C=CC(=O)NC3=C2C(=O)c2c(cc(C)c(O)c2C(=O)CC1)C3=O. The Kier molecular flexibility index (Phi) is 6.77. The lowest BCUT2D eigenvalue weighted by Gasteiger charge is -2.32. The van der Waals surface area contributed by atoms with Gasteiger partial charge in [-0.1, -0.05) is 25.2 Å². The van der Waals surface area contributed by atoms with Gasteiger partial charge in [0.25, 0.3) is 0 Å². The number of benzene rings is 1. The molecule has 0 saturated heterocycles. The number of allylic oxidation sites excluding steroid dienone is 2. The molecule has 3 aliphatic rings. The maximum absolute atomic E-state index is 14.1. The van der Waals surface area contributed by atoms with Gasteiger partial charge in [0.2, 0.25) is 11.7 Å². The van der Waals surface area contributed by atoms with Gasteiger partial charge < -0.3 is 20.3 Å². The Balaban J connectivity index is 2.02. The number of aliphatic hydroxyl groups is 1. The van der Waals surface area contributed by atoms with E-state index in [4.69, 9.17) is 4.74 Å². The molecule has 2 aliphatic heterocycles. The second-order valence-corrected chi connectivity index (χ2v) is 9.89. The van der Waals surface area contributed by atoms with Crippen LogP contribution in [-0.4, -0.2) is 51.6 Å². The Morgan fingerprint density at radius 2 is 1.81 bits per heavy atom. The topological polar surface area (TPSA) is 147 Å². The summed E-state index contributed by atoms with van der Waals surface area (Å²) in [5, 5.41) is 23.9. The van der Waals surface area contributed by atoms with Crippen molar-refractivity contribution in [2.75, 3.05) is 0 Å². The second-order valence-electron chi connectivity index (χ2n) is 9.89. The third kappa shape index (κ3) is 4.33. The van der Waals surface area contributed by atoms with Crippen LogP contribution >= 0.6 is 0 Å². The van der Waals surface area contributed by atoms with Crippen LogP contribution in [-0.2, 0) is 14.3 Å². The molecule has 2 bridgehead atoms. The van der Waals surface area contributed by atoms with E-state index in [2.05, 4.69) is 5.32 Å². The van der Waals surface area contributed by atoms with E-state index in [-0.39, 0.29) is 45.9 Å².